The topological polar surface area (TPSA) is 15.3 Å². The Labute approximate surface area is 102 Å². The van der Waals surface area contributed by atoms with E-state index in [2.05, 4.69) is 31.1 Å². The van der Waals surface area contributed by atoms with Crippen molar-refractivity contribution in [3.8, 4) is 0 Å². The van der Waals surface area contributed by atoms with Gasteiger partial charge in [0.1, 0.15) is 0 Å². The highest BCUT2D eigenvalue weighted by Crippen LogP contribution is 2.25. The molecule has 2 unspecified atom stereocenters. The van der Waals surface area contributed by atoms with Crippen LogP contribution in [0.15, 0.2) is 0 Å². The summed E-state index contributed by atoms with van der Waals surface area (Å²) in [7, 11) is 2.28. The van der Waals surface area contributed by atoms with Crippen molar-refractivity contribution in [1.29, 1.82) is 0 Å². The molecule has 1 rings (SSSR count). The molecule has 0 saturated heterocycles. The van der Waals surface area contributed by atoms with Crippen molar-refractivity contribution in [1.82, 2.24) is 10.2 Å². The molecule has 1 aliphatic rings. The van der Waals surface area contributed by atoms with E-state index < -0.39 is 0 Å². The number of hydrogen-bond donors (Lipinski definition) is 1. The first-order valence-corrected chi connectivity index (χ1v) is 7.19. The monoisotopic (exact) mass is 226 g/mol. The predicted octanol–water partition coefficient (Wildman–Crippen LogP) is 2.89. The number of hydrogen-bond acceptors (Lipinski definition) is 2. The summed E-state index contributed by atoms with van der Waals surface area (Å²) in [5.41, 5.74) is 0. The fraction of sp³-hybridized carbons (Fsp3) is 1.00. The standard InChI is InChI=1S/C14H30N2/c1-4-6-11-16(3)12-13-9-7-8-10-14(13)15-5-2/h13-15H,4-12H2,1-3H3. The van der Waals surface area contributed by atoms with E-state index in [0.717, 1.165) is 18.5 Å². The highest BCUT2D eigenvalue weighted by molar-refractivity contribution is 4.82. The third-order valence-corrected chi connectivity index (χ3v) is 3.81. The van der Waals surface area contributed by atoms with Gasteiger partial charge in [-0.05, 0) is 45.3 Å². The van der Waals surface area contributed by atoms with Crippen molar-refractivity contribution < 1.29 is 0 Å². The highest BCUT2D eigenvalue weighted by Gasteiger charge is 2.24. The molecule has 2 heteroatoms. The summed E-state index contributed by atoms with van der Waals surface area (Å²) in [5.74, 6) is 0.885. The van der Waals surface area contributed by atoms with Gasteiger partial charge in [0.05, 0.1) is 0 Å². The highest BCUT2D eigenvalue weighted by atomic mass is 15.1. The summed E-state index contributed by atoms with van der Waals surface area (Å²) < 4.78 is 0. The van der Waals surface area contributed by atoms with Crippen molar-refractivity contribution in [3.05, 3.63) is 0 Å². The Hall–Kier alpha value is -0.0800. The molecule has 2 atom stereocenters. The van der Waals surface area contributed by atoms with Crippen LogP contribution in [0.1, 0.15) is 52.4 Å². The minimum absolute atomic E-state index is 0.780. The van der Waals surface area contributed by atoms with E-state index in [4.69, 9.17) is 0 Å². The lowest BCUT2D eigenvalue weighted by Crippen LogP contribution is -2.43. The van der Waals surface area contributed by atoms with Crippen molar-refractivity contribution in [2.75, 3.05) is 26.7 Å². The summed E-state index contributed by atoms with van der Waals surface area (Å²) in [6.45, 7) is 8.19. The molecule has 0 heterocycles. The predicted molar refractivity (Wildman–Crippen MR) is 71.8 cm³/mol. The van der Waals surface area contributed by atoms with Gasteiger partial charge in [-0.1, -0.05) is 33.1 Å². The maximum Gasteiger partial charge on any atom is 0.0107 e. The van der Waals surface area contributed by atoms with Crippen molar-refractivity contribution in [3.63, 3.8) is 0 Å². The van der Waals surface area contributed by atoms with Crippen molar-refractivity contribution >= 4 is 0 Å². The Morgan fingerprint density at radius 2 is 1.94 bits per heavy atom. The zero-order valence-electron chi connectivity index (χ0n) is 11.5. The second-order valence-electron chi connectivity index (χ2n) is 5.32. The molecule has 0 aromatic heterocycles. The maximum absolute atomic E-state index is 3.67. The zero-order chi connectivity index (χ0) is 11.8. The van der Waals surface area contributed by atoms with Gasteiger partial charge in [-0.25, -0.2) is 0 Å². The summed E-state index contributed by atoms with van der Waals surface area (Å²) in [6, 6.07) is 0.780. The molecule has 0 radical (unpaired) electrons. The van der Waals surface area contributed by atoms with Gasteiger partial charge in [-0.2, -0.15) is 0 Å². The largest absolute Gasteiger partial charge is 0.314 e. The molecule has 96 valence electrons. The van der Waals surface area contributed by atoms with Gasteiger partial charge in [0.25, 0.3) is 0 Å². The lowest BCUT2D eigenvalue weighted by Gasteiger charge is -2.34. The van der Waals surface area contributed by atoms with E-state index >= 15 is 0 Å². The number of nitrogens with one attached hydrogen (secondary N) is 1. The molecule has 1 N–H and O–H groups in total. The van der Waals surface area contributed by atoms with E-state index in [9.17, 15) is 0 Å². The van der Waals surface area contributed by atoms with Crippen LogP contribution in [0.2, 0.25) is 0 Å². The molecule has 0 amide bonds. The molecule has 0 aromatic carbocycles. The second kappa shape index (κ2) is 8.08. The van der Waals surface area contributed by atoms with Crippen LogP contribution >= 0.6 is 0 Å². The molecular formula is C14H30N2. The average Bonchev–Trinajstić information content (AvgIpc) is 2.29. The first-order chi connectivity index (χ1) is 7.77. The van der Waals surface area contributed by atoms with Crippen LogP contribution < -0.4 is 5.32 Å². The van der Waals surface area contributed by atoms with Crippen LogP contribution in [-0.4, -0.2) is 37.6 Å². The molecule has 1 aliphatic carbocycles. The Bertz CT molecular complexity index is 168. The van der Waals surface area contributed by atoms with Gasteiger partial charge in [0.15, 0.2) is 0 Å². The van der Waals surface area contributed by atoms with Crippen molar-refractivity contribution in [2.24, 2.45) is 5.92 Å². The van der Waals surface area contributed by atoms with E-state index in [1.165, 1.54) is 51.6 Å². The molecule has 2 nitrogen and oxygen atoms in total. The Balaban J connectivity index is 2.30. The third-order valence-electron chi connectivity index (χ3n) is 3.81. The van der Waals surface area contributed by atoms with Crippen molar-refractivity contribution in [2.45, 2.75) is 58.4 Å². The summed E-state index contributed by atoms with van der Waals surface area (Å²) in [6.07, 6.45) is 8.33. The number of rotatable bonds is 7. The second-order valence-corrected chi connectivity index (χ2v) is 5.32. The van der Waals surface area contributed by atoms with E-state index in [1.54, 1.807) is 0 Å². The zero-order valence-corrected chi connectivity index (χ0v) is 11.5. The van der Waals surface area contributed by atoms with Crippen LogP contribution in [0.4, 0.5) is 0 Å². The maximum atomic E-state index is 3.67. The minimum atomic E-state index is 0.780. The smallest absolute Gasteiger partial charge is 0.0107 e. The van der Waals surface area contributed by atoms with Crippen LogP contribution in [0.5, 0.6) is 0 Å². The fourth-order valence-corrected chi connectivity index (χ4v) is 2.88. The van der Waals surface area contributed by atoms with Crippen LogP contribution in [0.25, 0.3) is 0 Å². The van der Waals surface area contributed by atoms with Gasteiger partial charge in [-0.15, -0.1) is 0 Å². The molecule has 0 bridgehead atoms. The van der Waals surface area contributed by atoms with Crippen LogP contribution in [0.3, 0.4) is 0 Å². The van der Waals surface area contributed by atoms with E-state index in [-0.39, 0.29) is 0 Å². The van der Waals surface area contributed by atoms with Gasteiger partial charge >= 0.3 is 0 Å². The minimum Gasteiger partial charge on any atom is -0.314 e. The third kappa shape index (κ3) is 4.84. The Kier molecular flexibility index (Phi) is 7.06. The van der Waals surface area contributed by atoms with Gasteiger partial charge < -0.3 is 10.2 Å². The first kappa shape index (κ1) is 14.0. The lowest BCUT2D eigenvalue weighted by atomic mass is 9.84. The Morgan fingerprint density at radius 3 is 2.62 bits per heavy atom. The van der Waals surface area contributed by atoms with E-state index in [0.29, 0.717) is 0 Å². The quantitative estimate of drug-likeness (QED) is 0.718. The summed E-state index contributed by atoms with van der Waals surface area (Å²) >= 11 is 0. The normalized spacial score (nSPS) is 26.2. The van der Waals surface area contributed by atoms with Gasteiger partial charge in [-0.3, -0.25) is 0 Å². The number of nitrogens with zero attached hydrogens (tertiary/aromatic N) is 1. The molecule has 0 aliphatic heterocycles. The van der Waals surface area contributed by atoms with Crippen LogP contribution in [-0.2, 0) is 0 Å². The Morgan fingerprint density at radius 1 is 1.19 bits per heavy atom. The average molecular weight is 226 g/mol. The SMILES string of the molecule is CCCCN(C)CC1CCCCC1NCC. The lowest BCUT2D eigenvalue weighted by molar-refractivity contribution is 0.189. The summed E-state index contributed by atoms with van der Waals surface area (Å²) in [4.78, 5) is 2.53. The molecule has 0 aromatic rings. The van der Waals surface area contributed by atoms with E-state index in [1.807, 2.05) is 0 Å². The van der Waals surface area contributed by atoms with Gasteiger partial charge in [0, 0.05) is 12.6 Å². The fourth-order valence-electron chi connectivity index (χ4n) is 2.88. The van der Waals surface area contributed by atoms with Crippen LogP contribution in [0, 0.1) is 5.92 Å². The molecular weight excluding hydrogens is 196 g/mol. The molecule has 1 fully saturated rings. The number of unbranched alkanes of at least 4 members (excludes halogenated alkanes) is 1. The molecule has 0 spiro atoms. The van der Waals surface area contributed by atoms with Gasteiger partial charge in [0.2, 0.25) is 0 Å². The molecule has 16 heavy (non-hydrogen) atoms. The summed E-state index contributed by atoms with van der Waals surface area (Å²) in [5, 5.41) is 3.67. The molecule has 1 saturated carbocycles. The first-order valence-electron chi connectivity index (χ1n) is 7.19.